The second-order valence-corrected chi connectivity index (χ2v) is 5.69. The van der Waals surface area contributed by atoms with Gasteiger partial charge in [0.05, 0.1) is 0 Å². The molecule has 0 bridgehead atoms. The normalized spacial score (nSPS) is 11.4. The van der Waals surface area contributed by atoms with Crippen molar-refractivity contribution in [1.29, 1.82) is 0 Å². The van der Waals surface area contributed by atoms with E-state index < -0.39 is 9.05 Å². The summed E-state index contributed by atoms with van der Waals surface area (Å²) >= 11 is 0. The van der Waals surface area contributed by atoms with Crippen LogP contribution in [0.3, 0.4) is 0 Å². The lowest BCUT2D eigenvalue weighted by Gasteiger charge is -2.02. The molecule has 90 valence electrons. The van der Waals surface area contributed by atoms with E-state index in [1.54, 1.807) is 11.5 Å². The fourth-order valence-electron chi connectivity index (χ4n) is 1.17. The lowest BCUT2D eigenvalue weighted by Crippen LogP contribution is -2.19. The Morgan fingerprint density at radius 3 is 2.69 bits per heavy atom. The molecular weight excluding hydrogens is 254 g/mol. The molecule has 0 saturated carbocycles. The maximum atomic E-state index is 11.0. The van der Waals surface area contributed by atoms with E-state index in [9.17, 15) is 13.2 Å². The Balaban J connectivity index is 2.83. The van der Waals surface area contributed by atoms with Gasteiger partial charge < -0.3 is 9.88 Å². The average Bonchev–Trinajstić information content (AvgIpc) is 2.56. The minimum atomic E-state index is -3.81. The third-order valence-electron chi connectivity index (χ3n) is 2.06. The molecule has 0 aliphatic carbocycles. The van der Waals surface area contributed by atoms with Gasteiger partial charge in [0, 0.05) is 36.9 Å². The smallest absolute Gasteiger partial charge is 0.280 e. The van der Waals surface area contributed by atoms with Gasteiger partial charge >= 0.3 is 0 Å². The van der Waals surface area contributed by atoms with E-state index in [4.69, 9.17) is 10.7 Å². The third kappa shape index (κ3) is 3.21. The van der Waals surface area contributed by atoms with Gasteiger partial charge in [-0.2, -0.15) is 0 Å². The lowest BCUT2D eigenvalue weighted by atomic mass is 10.4. The van der Waals surface area contributed by atoms with Gasteiger partial charge in [0.2, 0.25) is 5.91 Å². The second kappa shape index (κ2) is 4.84. The van der Waals surface area contributed by atoms with Crippen LogP contribution >= 0.6 is 10.7 Å². The molecule has 6 nitrogen and oxygen atoms in total. The van der Waals surface area contributed by atoms with Crippen molar-refractivity contribution in [2.45, 2.75) is 24.9 Å². The number of carbonyl (C=O) groups is 1. The summed E-state index contributed by atoms with van der Waals surface area (Å²) < 4.78 is 23.6. The van der Waals surface area contributed by atoms with Gasteiger partial charge in [-0.3, -0.25) is 4.79 Å². The molecule has 16 heavy (non-hydrogen) atoms. The Bertz CT molecular complexity index is 495. The van der Waals surface area contributed by atoms with Gasteiger partial charge in [-0.1, -0.05) is 0 Å². The highest BCUT2D eigenvalue weighted by Gasteiger charge is 2.16. The van der Waals surface area contributed by atoms with Gasteiger partial charge in [-0.05, 0) is 6.92 Å². The number of hydrogen-bond acceptors (Lipinski definition) is 4. The van der Waals surface area contributed by atoms with Crippen LogP contribution in [-0.2, 0) is 20.4 Å². The Kier molecular flexibility index (Phi) is 3.93. The zero-order valence-corrected chi connectivity index (χ0v) is 10.5. The first-order valence-corrected chi connectivity index (χ1v) is 6.84. The van der Waals surface area contributed by atoms with E-state index in [1.165, 1.54) is 13.2 Å². The molecule has 0 aromatic carbocycles. The Hall–Kier alpha value is -1.08. The van der Waals surface area contributed by atoms with Crippen LogP contribution in [0.4, 0.5) is 0 Å². The zero-order valence-electron chi connectivity index (χ0n) is 8.90. The van der Waals surface area contributed by atoms with Crippen LogP contribution in [0.25, 0.3) is 0 Å². The number of halogens is 1. The maximum Gasteiger partial charge on any atom is 0.280 e. The van der Waals surface area contributed by atoms with Crippen LogP contribution in [0, 0.1) is 6.92 Å². The summed E-state index contributed by atoms with van der Waals surface area (Å²) in [5.41, 5.74) is 0. The first kappa shape index (κ1) is 13.0. The standard InChI is InChI=1S/C8H12ClN3O3S/c1-6-11-8(16(9,14)15)5-12(6)4-3-7(13)10-2/h5H,3-4H2,1-2H3,(H,10,13). The van der Waals surface area contributed by atoms with Crippen molar-refractivity contribution in [2.75, 3.05) is 7.05 Å². The number of rotatable bonds is 4. The molecule has 1 rings (SSSR count). The summed E-state index contributed by atoms with van der Waals surface area (Å²) in [7, 11) is 2.88. The van der Waals surface area contributed by atoms with Crippen molar-refractivity contribution in [2.24, 2.45) is 0 Å². The predicted molar refractivity (Wildman–Crippen MR) is 58.7 cm³/mol. The van der Waals surface area contributed by atoms with Crippen LogP contribution < -0.4 is 5.32 Å². The molecule has 0 aliphatic heterocycles. The quantitative estimate of drug-likeness (QED) is 0.792. The van der Waals surface area contributed by atoms with E-state index in [-0.39, 0.29) is 17.4 Å². The first-order valence-electron chi connectivity index (χ1n) is 4.53. The molecule has 0 atom stereocenters. The molecule has 1 heterocycles. The molecule has 1 N–H and O–H groups in total. The number of carbonyl (C=O) groups excluding carboxylic acids is 1. The van der Waals surface area contributed by atoms with Crippen molar-refractivity contribution in [1.82, 2.24) is 14.9 Å². The SMILES string of the molecule is CNC(=O)CCn1cc(S(=O)(=O)Cl)nc1C. The predicted octanol–water partition coefficient (Wildman–Crippen LogP) is 0.255. The fourth-order valence-corrected chi connectivity index (χ4v) is 1.89. The molecule has 0 saturated heterocycles. The van der Waals surface area contributed by atoms with E-state index in [0.29, 0.717) is 12.4 Å². The molecule has 0 aliphatic rings. The number of nitrogens with one attached hydrogen (secondary N) is 1. The van der Waals surface area contributed by atoms with E-state index >= 15 is 0 Å². The highest BCUT2D eigenvalue weighted by Crippen LogP contribution is 2.14. The van der Waals surface area contributed by atoms with Crippen LogP contribution in [0.1, 0.15) is 12.2 Å². The fraction of sp³-hybridized carbons (Fsp3) is 0.500. The first-order chi connectivity index (χ1) is 7.34. The van der Waals surface area contributed by atoms with Crippen molar-refractivity contribution in [3.05, 3.63) is 12.0 Å². The topological polar surface area (TPSA) is 81.1 Å². The monoisotopic (exact) mass is 265 g/mol. The summed E-state index contributed by atoms with van der Waals surface area (Å²) in [6.07, 6.45) is 1.58. The van der Waals surface area contributed by atoms with Crippen LogP contribution in [0.15, 0.2) is 11.2 Å². The van der Waals surface area contributed by atoms with Crippen molar-refractivity contribution >= 4 is 25.6 Å². The minimum absolute atomic E-state index is 0.122. The summed E-state index contributed by atoms with van der Waals surface area (Å²) in [4.78, 5) is 14.8. The van der Waals surface area contributed by atoms with Gasteiger partial charge in [0.1, 0.15) is 5.82 Å². The van der Waals surface area contributed by atoms with Crippen LogP contribution in [0.2, 0.25) is 0 Å². The lowest BCUT2D eigenvalue weighted by molar-refractivity contribution is -0.120. The van der Waals surface area contributed by atoms with Crippen LogP contribution in [-0.4, -0.2) is 30.9 Å². The largest absolute Gasteiger partial charge is 0.359 e. The van der Waals surface area contributed by atoms with Gasteiger partial charge in [-0.25, -0.2) is 13.4 Å². The second-order valence-electron chi connectivity index (χ2n) is 3.18. The number of amides is 1. The van der Waals surface area contributed by atoms with Gasteiger partial charge in [0.15, 0.2) is 5.03 Å². The van der Waals surface area contributed by atoms with E-state index in [1.807, 2.05) is 0 Å². The van der Waals surface area contributed by atoms with Crippen LogP contribution in [0.5, 0.6) is 0 Å². The van der Waals surface area contributed by atoms with E-state index in [0.717, 1.165) is 0 Å². The summed E-state index contributed by atoms with van der Waals surface area (Å²) in [6.45, 7) is 2.01. The Morgan fingerprint density at radius 2 is 2.25 bits per heavy atom. The molecule has 0 radical (unpaired) electrons. The number of nitrogens with zero attached hydrogens (tertiary/aromatic N) is 2. The molecular formula is C8H12ClN3O3S. The third-order valence-corrected chi connectivity index (χ3v) is 3.23. The summed E-state index contributed by atoms with van der Waals surface area (Å²) in [5, 5.41) is 2.28. The number of imidazole rings is 1. The molecule has 1 amide bonds. The summed E-state index contributed by atoms with van der Waals surface area (Å²) in [5.74, 6) is 0.381. The molecule has 1 aromatic rings. The molecule has 1 aromatic heterocycles. The maximum absolute atomic E-state index is 11.0. The number of aromatic nitrogens is 2. The van der Waals surface area contributed by atoms with Gasteiger partial charge in [-0.15, -0.1) is 0 Å². The number of aryl methyl sites for hydroxylation is 2. The van der Waals surface area contributed by atoms with Crippen molar-refractivity contribution in [3.8, 4) is 0 Å². The number of hydrogen-bond donors (Lipinski definition) is 1. The molecule has 0 fully saturated rings. The molecule has 0 unspecified atom stereocenters. The molecule has 0 spiro atoms. The summed E-state index contributed by atoms with van der Waals surface area (Å²) in [6, 6.07) is 0. The Morgan fingerprint density at radius 1 is 1.62 bits per heavy atom. The highest BCUT2D eigenvalue weighted by molar-refractivity contribution is 8.13. The zero-order chi connectivity index (χ0) is 12.3. The highest BCUT2D eigenvalue weighted by atomic mass is 35.7. The van der Waals surface area contributed by atoms with Crippen molar-refractivity contribution in [3.63, 3.8) is 0 Å². The van der Waals surface area contributed by atoms with E-state index in [2.05, 4.69) is 10.3 Å². The molecule has 8 heteroatoms. The Labute approximate surface area is 98.0 Å². The van der Waals surface area contributed by atoms with Gasteiger partial charge in [0.25, 0.3) is 9.05 Å². The average molecular weight is 266 g/mol. The van der Waals surface area contributed by atoms with Crippen molar-refractivity contribution < 1.29 is 13.2 Å². The minimum Gasteiger partial charge on any atom is -0.359 e.